The Morgan fingerprint density at radius 1 is 1.22 bits per heavy atom. The fourth-order valence-corrected chi connectivity index (χ4v) is 5.44. The van der Waals surface area contributed by atoms with Crippen molar-refractivity contribution in [2.24, 2.45) is 10.8 Å². The highest BCUT2D eigenvalue weighted by Gasteiger charge is 2.81. The van der Waals surface area contributed by atoms with Gasteiger partial charge in [0.15, 0.2) is 6.29 Å². The predicted octanol–water partition coefficient (Wildman–Crippen LogP) is 2.39. The van der Waals surface area contributed by atoms with Gasteiger partial charge in [0.2, 0.25) is 0 Å². The number of hydrogen-bond acceptors (Lipinski definition) is 3. The van der Waals surface area contributed by atoms with E-state index in [-0.39, 0.29) is 22.5 Å². The van der Waals surface area contributed by atoms with Crippen molar-refractivity contribution in [1.82, 2.24) is 0 Å². The lowest BCUT2D eigenvalue weighted by Gasteiger charge is -2.52. The highest BCUT2D eigenvalue weighted by atomic mass is 16.6. The molecule has 3 heteroatoms. The van der Waals surface area contributed by atoms with Crippen LogP contribution in [-0.4, -0.2) is 29.2 Å². The Morgan fingerprint density at radius 3 is 2.67 bits per heavy atom. The Morgan fingerprint density at radius 2 is 1.94 bits per heavy atom. The summed E-state index contributed by atoms with van der Waals surface area (Å²) < 4.78 is 12.1. The van der Waals surface area contributed by atoms with E-state index in [1.807, 2.05) is 0 Å². The molecule has 0 amide bonds. The Balaban J connectivity index is 1.97. The van der Waals surface area contributed by atoms with Crippen LogP contribution in [0, 0.1) is 10.8 Å². The number of aliphatic hydroxyl groups excluding tert-OH is 1. The lowest BCUT2D eigenvalue weighted by molar-refractivity contribution is -0.126. The summed E-state index contributed by atoms with van der Waals surface area (Å²) in [5, 5.41) is 10.3. The molecule has 2 saturated heterocycles. The minimum absolute atomic E-state index is 0.102. The summed E-state index contributed by atoms with van der Waals surface area (Å²) in [5.41, 5.74) is 2.34. The van der Waals surface area contributed by atoms with Gasteiger partial charge in [-0.25, -0.2) is 0 Å². The first-order valence-corrected chi connectivity index (χ1v) is 7.06. The van der Waals surface area contributed by atoms with Crippen molar-refractivity contribution in [3.05, 3.63) is 11.1 Å². The minimum Gasteiger partial charge on any atom is -0.364 e. The molecule has 1 saturated carbocycles. The third kappa shape index (κ3) is 0.909. The molecule has 0 bridgehead atoms. The fraction of sp³-hybridized carbons (Fsp3) is 0.867. The van der Waals surface area contributed by atoms with E-state index < -0.39 is 6.29 Å². The number of ether oxygens (including phenoxy) is 2. The zero-order chi connectivity index (χ0) is 12.9. The van der Waals surface area contributed by atoms with Crippen LogP contribution in [0.15, 0.2) is 11.1 Å². The van der Waals surface area contributed by atoms with Crippen LogP contribution in [0.3, 0.4) is 0 Å². The highest BCUT2D eigenvalue weighted by molar-refractivity contribution is 5.44. The Hall–Kier alpha value is -0.380. The van der Waals surface area contributed by atoms with Crippen LogP contribution in [0.1, 0.15) is 47.0 Å². The lowest BCUT2D eigenvalue weighted by Crippen LogP contribution is -2.58. The van der Waals surface area contributed by atoms with Crippen LogP contribution < -0.4 is 0 Å². The molecule has 100 valence electrons. The minimum atomic E-state index is -0.712. The third-order valence-electron chi connectivity index (χ3n) is 6.23. The maximum atomic E-state index is 10.3. The van der Waals surface area contributed by atoms with Crippen molar-refractivity contribution < 1.29 is 14.6 Å². The summed E-state index contributed by atoms with van der Waals surface area (Å²) in [5.74, 6) is 0. The topological polar surface area (TPSA) is 42.0 Å². The first kappa shape index (κ1) is 11.4. The van der Waals surface area contributed by atoms with E-state index in [4.69, 9.17) is 9.47 Å². The van der Waals surface area contributed by atoms with Crippen molar-refractivity contribution in [3.63, 3.8) is 0 Å². The van der Waals surface area contributed by atoms with Crippen LogP contribution in [0.4, 0.5) is 0 Å². The maximum Gasteiger partial charge on any atom is 0.178 e. The molecular weight excluding hydrogens is 228 g/mol. The van der Waals surface area contributed by atoms with Crippen LogP contribution in [-0.2, 0) is 9.47 Å². The Labute approximate surface area is 108 Å². The van der Waals surface area contributed by atoms with Gasteiger partial charge in [0.1, 0.15) is 5.60 Å². The molecule has 1 unspecified atom stereocenters. The normalized spacial score (nSPS) is 56.2. The molecule has 2 heterocycles. The smallest absolute Gasteiger partial charge is 0.178 e. The summed E-state index contributed by atoms with van der Waals surface area (Å²) in [6.45, 7) is 9.02. The van der Waals surface area contributed by atoms with E-state index in [9.17, 15) is 5.11 Å². The fourth-order valence-electron chi connectivity index (χ4n) is 5.44. The maximum absolute atomic E-state index is 10.3. The van der Waals surface area contributed by atoms with Gasteiger partial charge in [0.05, 0.1) is 17.6 Å². The summed E-state index contributed by atoms with van der Waals surface area (Å²) in [7, 11) is 0. The molecule has 5 atom stereocenters. The van der Waals surface area contributed by atoms with Gasteiger partial charge in [0.25, 0.3) is 0 Å². The van der Waals surface area contributed by atoms with E-state index >= 15 is 0 Å². The molecule has 4 aliphatic rings. The second-order valence-electron chi connectivity index (χ2n) is 7.34. The van der Waals surface area contributed by atoms with Crippen molar-refractivity contribution in [2.45, 2.75) is 71.1 Å². The molecule has 0 aromatic rings. The molecule has 2 aliphatic carbocycles. The molecule has 4 rings (SSSR count). The summed E-state index contributed by atoms with van der Waals surface area (Å²) in [6.07, 6.45) is 2.84. The van der Waals surface area contributed by atoms with E-state index in [1.165, 1.54) is 5.57 Å². The standard InChI is InChI=1S/C15H22O3/c1-8-7-10-15(18-10)13(2,3)6-5-9-14(15,4)11(8)12(16)17-9/h9-10,12,16H,5-7H2,1-4H3/t9-,10-,12?,14+,15+/m0/s1. The van der Waals surface area contributed by atoms with Gasteiger partial charge in [-0.3, -0.25) is 0 Å². The van der Waals surface area contributed by atoms with E-state index in [2.05, 4.69) is 27.7 Å². The van der Waals surface area contributed by atoms with E-state index in [0.29, 0.717) is 6.10 Å². The van der Waals surface area contributed by atoms with Crippen molar-refractivity contribution >= 4 is 0 Å². The predicted molar refractivity (Wildman–Crippen MR) is 66.9 cm³/mol. The number of rotatable bonds is 0. The van der Waals surface area contributed by atoms with Crippen LogP contribution >= 0.6 is 0 Å². The van der Waals surface area contributed by atoms with Crippen molar-refractivity contribution in [2.75, 3.05) is 0 Å². The van der Waals surface area contributed by atoms with Gasteiger partial charge in [-0.1, -0.05) is 26.3 Å². The van der Waals surface area contributed by atoms with Crippen molar-refractivity contribution in [1.29, 1.82) is 0 Å². The zero-order valence-corrected chi connectivity index (χ0v) is 11.6. The van der Waals surface area contributed by atoms with Crippen LogP contribution in [0.5, 0.6) is 0 Å². The molecule has 3 nitrogen and oxygen atoms in total. The molecule has 1 N–H and O–H groups in total. The molecule has 0 aromatic heterocycles. The van der Waals surface area contributed by atoms with Crippen LogP contribution in [0.2, 0.25) is 0 Å². The number of aliphatic hydroxyl groups is 1. The first-order valence-electron chi connectivity index (χ1n) is 7.06. The van der Waals surface area contributed by atoms with E-state index in [1.54, 1.807) is 0 Å². The lowest BCUT2D eigenvalue weighted by atomic mass is 9.49. The van der Waals surface area contributed by atoms with Gasteiger partial charge in [-0.2, -0.15) is 0 Å². The summed E-state index contributed by atoms with van der Waals surface area (Å²) in [6, 6.07) is 0. The zero-order valence-electron chi connectivity index (χ0n) is 11.6. The van der Waals surface area contributed by atoms with Gasteiger partial charge < -0.3 is 14.6 Å². The average Bonchev–Trinajstić information content (AvgIpc) is 2.92. The molecule has 2 aliphatic heterocycles. The van der Waals surface area contributed by atoms with Crippen LogP contribution in [0.25, 0.3) is 0 Å². The summed E-state index contributed by atoms with van der Waals surface area (Å²) in [4.78, 5) is 0. The van der Waals surface area contributed by atoms with E-state index in [0.717, 1.165) is 24.8 Å². The molecule has 0 aromatic carbocycles. The Kier molecular flexibility index (Phi) is 1.82. The third-order valence-corrected chi connectivity index (χ3v) is 6.23. The monoisotopic (exact) mass is 250 g/mol. The number of epoxide rings is 1. The molecule has 1 spiro atoms. The summed E-state index contributed by atoms with van der Waals surface area (Å²) >= 11 is 0. The van der Waals surface area contributed by atoms with Gasteiger partial charge >= 0.3 is 0 Å². The second-order valence-corrected chi connectivity index (χ2v) is 7.34. The van der Waals surface area contributed by atoms with Crippen molar-refractivity contribution in [3.8, 4) is 0 Å². The average molecular weight is 250 g/mol. The number of hydrogen-bond donors (Lipinski definition) is 1. The SMILES string of the molecule is CC1=C2C(O)O[C@H]3CCC(C)(C)[C@@]4(O[C@H]4C1)[C@@]23C. The first-order chi connectivity index (χ1) is 8.34. The highest BCUT2D eigenvalue weighted by Crippen LogP contribution is 2.74. The molecule has 3 fully saturated rings. The molecule has 18 heavy (non-hydrogen) atoms. The molecule has 0 radical (unpaired) electrons. The van der Waals surface area contributed by atoms with Gasteiger partial charge in [-0.05, 0) is 37.2 Å². The largest absolute Gasteiger partial charge is 0.364 e. The molecular formula is C15H22O3. The second kappa shape index (κ2) is 2.87. The quantitative estimate of drug-likeness (QED) is 0.530. The Bertz CT molecular complexity index is 466. The van der Waals surface area contributed by atoms with Gasteiger partial charge in [0, 0.05) is 0 Å². The van der Waals surface area contributed by atoms with Gasteiger partial charge in [-0.15, -0.1) is 0 Å².